The minimum absolute atomic E-state index is 0.0370. The van der Waals surface area contributed by atoms with Gasteiger partial charge in [-0.15, -0.1) is 0 Å². The molecule has 6 heteroatoms. The summed E-state index contributed by atoms with van der Waals surface area (Å²) in [6.07, 6.45) is 1.57. The molecule has 0 radical (unpaired) electrons. The van der Waals surface area contributed by atoms with Crippen LogP contribution in [0.4, 0.5) is 0 Å². The second kappa shape index (κ2) is 5.27. The lowest BCUT2D eigenvalue weighted by Gasteiger charge is -2.09. The topological polar surface area (TPSA) is 51.8 Å². The van der Waals surface area contributed by atoms with Crippen molar-refractivity contribution in [1.82, 2.24) is 9.36 Å². The smallest absolute Gasteiger partial charge is 0.174 e. The summed E-state index contributed by atoms with van der Waals surface area (Å²) in [5, 5.41) is 0. The molecule has 2 N–H and O–H groups in total. The predicted octanol–water partition coefficient (Wildman–Crippen LogP) is 3.47. The van der Waals surface area contributed by atoms with E-state index < -0.39 is 0 Å². The molecule has 0 saturated carbocycles. The molecular formula is C10H10BrN3S2. The summed E-state index contributed by atoms with van der Waals surface area (Å²) < 4.78 is 5.95. The highest BCUT2D eigenvalue weighted by Gasteiger charge is 2.07. The Bertz CT molecular complexity index is 471. The van der Waals surface area contributed by atoms with Gasteiger partial charge in [-0.2, -0.15) is 4.37 Å². The quantitative estimate of drug-likeness (QED) is 0.942. The first kappa shape index (κ1) is 12.0. The van der Waals surface area contributed by atoms with Gasteiger partial charge in [0.2, 0.25) is 0 Å². The van der Waals surface area contributed by atoms with E-state index in [2.05, 4.69) is 37.4 Å². The first-order valence-electron chi connectivity index (χ1n) is 4.66. The maximum atomic E-state index is 5.84. The van der Waals surface area contributed by atoms with Gasteiger partial charge in [0.15, 0.2) is 4.34 Å². The zero-order valence-corrected chi connectivity index (χ0v) is 11.8. The number of aromatic nitrogens is 2. The molecule has 16 heavy (non-hydrogen) atoms. The molecule has 84 valence electrons. The van der Waals surface area contributed by atoms with E-state index in [0.29, 0.717) is 0 Å². The van der Waals surface area contributed by atoms with E-state index in [9.17, 15) is 0 Å². The Morgan fingerprint density at radius 2 is 2.31 bits per heavy atom. The zero-order valence-electron chi connectivity index (χ0n) is 8.55. The fourth-order valence-electron chi connectivity index (χ4n) is 1.25. The molecular weight excluding hydrogens is 306 g/mol. The summed E-state index contributed by atoms with van der Waals surface area (Å²) in [7, 11) is 0. The molecule has 0 spiro atoms. The third-order valence-electron chi connectivity index (χ3n) is 2.01. The van der Waals surface area contributed by atoms with Crippen molar-refractivity contribution >= 4 is 39.2 Å². The van der Waals surface area contributed by atoms with Crippen LogP contribution in [0, 0.1) is 0 Å². The molecule has 3 nitrogen and oxygen atoms in total. The molecule has 0 aliphatic heterocycles. The third-order valence-corrected chi connectivity index (χ3v) is 4.40. The van der Waals surface area contributed by atoms with E-state index in [-0.39, 0.29) is 6.04 Å². The molecule has 2 rings (SSSR count). The Morgan fingerprint density at radius 1 is 1.50 bits per heavy atom. The van der Waals surface area contributed by atoms with Crippen molar-refractivity contribution in [3.63, 3.8) is 0 Å². The van der Waals surface area contributed by atoms with Gasteiger partial charge in [-0.05, 0) is 36.2 Å². The van der Waals surface area contributed by atoms with Gasteiger partial charge in [0.05, 0.1) is 0 Å². The Morgan fingerprint density at radius 3 is 2.88 bits per heavy atom. The Labute approximate surface area is 111 Å². The minimum Gasteiger partial charge on any atom is -0.324 e. The third kappa shape index (κ3) is 2.82. The van der Waals surface area contributed by atoms with Gasteiger partial charge in [0.1, 0.15) is 6.33 Å². The fraction of sp³-hybridized carbons (Fsp3) is 0.200. The van der Waals surface area contributed by atoms with E-state index in [1.54, 1.807) is 18.1 Å². The molecule has 1 aromatic carbocycles. The molecule has 1 heterocycles. The predicted molar refractivity (Wildman–Crippen MR) is 70.8 cm³/mol. The first-order valence-corrected chi connectivity index (χ1v) is 7.04. The van der Waals surface area contributed by atoms with E-state index in [1.165, 1.54) is 11.5 Å². The number of nitrogens with two attached hydrogens (primary N) is 1. The molecule has 1 aromatic heterocycles. The number of rotatable bonds is 3. The molecule has 0 aliphatic carbocycles. The highest BCUT2D eigenvalue weighted by molar-refractivity contribution is 9.10. The molecule has 2 aromatic rings. The fourth-order valence-corrected chi connectivity index (χ4v) is 3.60. The number of benzene rings is 1. The highest BCUT2D eigenvalue weighted by Crippen LogP contribution is 2.32. The van der Waals surface area contributed by atoms with Crippen molar-refractivity contribution in [1.29, 1.82) is 0 Å². The van der Waals surface area contributed by atoms with Crippen LogP contribution in [0.1, 0.15) is 18.5 Å². The SMILES string of the molecule is C[C@@H](N)c1ccc(Sc2ncns2)cc1Br. The van der Waals surface area contributed by atoms with Crippen LogP contribution < -0.4 is 5.73 Å². The number of nitrogens with zero attached hydrogens (tertiary/aromatic N) is 2. The average molecular weight is 316 g/mol. The van der Waals surface area contributed by atoms with Crippen molar-refractivity contribution in [2.24, 2.45) is 5.73 Å². The summed E-state index contributed by atoms with van der Waals surface area (Å²) in [4.78, 5) is 5.26. The van der Waals surface area contributed by atoms with E-state index >= 15 is 0 Å². The standard InChI is InChI=1S/C10H10BrN3S2/c1-6(12)8-3-2-7(4-9(8)11)15-10-13-5-14-16-10/h2-6H,12H2,1H3/t6-/m1/s1. The molecule has 0 saturated heterocycles. The average Bonchev–Trinajstić information content (AvgIpc) is 2.70. The molecule has 0 unspecified atom stereocenters. The second-order valence-electron chi connectivity index (χ2n) is 3.28. The number of halogens is 1. The van der Waals surface area contributed by atoms with Gasteiger partial charge in [0, 0.05) is 15.4 Å². The number of hydrogen-bond acceptors (Lipinski definition) is 5. The van der Waals surface area contributed by atoms with Crippen molar-refractivity contribution in [3.05, 3.63) is 34.6 Å². The van der Waals surface area contributed by atoms with Crippen molar-refractivity contribution in [3.8, 4) is 0 Å². The molecule has 0 fully saturated rings. The van der Waals surface area contributed by atoms with Gasteiger partial charge in [-0.3, -0.25) is 0 Å². The monoisotopic (exact) mass is 315 g/mol. The number of hydrogen-bond donors (Lipinski definition) is 1. The zero-order chi connectivity index (χ0) is 11.5. The summed E-state index contributed by atoms with van der Waals surface area (Å²) in [6.45, 7) is 1.97. The molecule has 0 bridgehead atoms. The van der Waals surface area contributed by atoms with Gasteiger partial charge < -0.3 is 5.73 Å². The maximum Gasteiger partial charge on any atom is 0.174 e. The lowest BCUT2D eigenvalue weighted by molar-refractivity contribution is 0.811. The summed E-state index contributed by atoms with van der Waals surface area (Å²) >= 11 is 6.52. The van der Waals surface area contributed by atoms with Crippen LogP contribution in [0.2, 0.25) is 0 Å². The van der Waals surface area contributed by atoms with Crippen LogP contribution in [0.3, 0.4) is 0 Å². The lowest BCUT2D eigenvalue weighted by Crippen LogP contribution is -2.05. The summed E-state index contributed by atoms with van der Waals surface area (Å²) in [5.74, 6) is 0. The van der Waals surface area contributed by atoms with Crippen LogP contribution in [-0.2, 0) is 0 Å². The molecule has 0 aliphatic rings. The Hall–Kier alpha value is -0.430. The Kier molecular flexibility index (Phi) is 3.96. The second-order valence-corrected chi connectivity index (χ2v) is 6.24. The van der Waals surface area contributed by atoms with Crippen LogP contribution in [0.15, 0.2) is 38.2 Å². The molecule has 0 amide bonds. The maximum absolute atomic E-state index is 5.84. The van der Waals surface area contributed by atoms with E-state index in [0.717, 1.165) is 19.3 Å². The van der Waals surface area contributed by atoms with Gasteiger partial charge in [0.25, 0.3) is 0 Å². The van der Waals surface area contributed by atoms with Gasteiger partial charge in [-0.1, -0.05) is 33.8 Å². The summed E-state index contributed by atoms with van der Waals surface area (Å²) in [5.41, 5.74) is 6.96. The van der Waals surface area contributed by atoms with Crippen molar-refractivity contribution in [2.75, 3.05) is 0 Å². The Balaban J connectivity index is 2.21. The first-order chi connectivity index (χ1) is 7.66. The highest BCUT2D eigenvalue weighted by atomic mass is 79.9. The van der Waals surface area contributed by atoms with Crippen LogP contribution in [0.5, 0.6) is 0 Å². The normalized spacial score (nSPS) is 12.7. The van der Waals surface area contributed by atoms with Crippen molar-refractivity contribution < 1.29 is 0 Å². The van der Waals surface area contributed by atoms with Gasteiger partial charge in [-0.25, -0.2) is 4.98 Å². The molecule has 1 atom stereocenters. The largest absolute Gasteiger partial charge is 0.324 e. The minimum atomic E-state index is 0.0370. The van der Waals surface area contributed by atoms with Crippen LogP contribution in [0.25, 0.3) is 0 Å². The van der Waals surface area contributed by atoms with Crippen molar-refractivity contribution in [2.45, 2.75) is 22.2 Å². The van der Waals surface area contributed by atoms with E-state index in [4.69, 9.17) is 5.73 Å². The lowest BCUT2D eigenvalue weighted by atomic mass is 10.1. The van der Waals surface area contributed by atoms with Crippen LogP contribution in [-0.4, -0.2) is 9.36 Å². The summed E-state index contributed by atoms with van der Waals surface area (Å²) in [6, 6.07) is 6.19. The van der Waals surface area contributed by atoms with Gasteiger partial charge >= 0.3 is 0 Å². The van der Waals surface area contributed by atoms with E-state index in [1.807, 2.05) is 13.0 Å². The van der Waals surface area contributed by atoms with Crippen LogP contribution >= 0.6 is 39.2 Å².